The van der Waals surface area contributed by atoms with Gasteiger partial charge >= 0.3 is 0 Å². The van der Waals surface area contributed by atoms with Crippen LogP contribution in [-0.2, 0) is 4.74 Å². The largest absolute Gasteiger partial charge is 0.386 e. The standard InChI is InChI=1S/C17H29ClN4O2S/c1-3-19-17(20-12-14(23)15-4-5-16(18)25-15)21-13-6-8-22(9-7-13)10-11-24-2/h4-5,13-14,23H,3,6-12H2,1-2H3,(H2,19,20,21). The lowest BCUT2D eigenvalue weighted by Gasteiger charge is -2.32. The normalized spacial score (nSPS) is 18.3. The zero-order valence-corrected chi connectivity index (χ0v) is 16.6. The molecule has 1 fully saturated rings. The Balaban J connectivity index is 1.81. The number of aliphatic imine (C=N–C) groups is 1. The quantitative estimate of drug-likeness (QED) is 0.470. The van der Waals surface area contributed by atoms with Crippen LogP contribution in [0.15, 0.2) is 17.1 Å². The van der Waals surface area contributed by atoms with E-state index in [0.717, 1.165) is 56.5 Å². The monoisotopic (exact) mass is 388 g/mol. The summed E-state index contributed by atoms with van der Waals surface area (Å²) < 4.78 is 5.83. The van der Waals surface area contributed by atoms with Crippen LogP contribution in [0.2, 0.25) is 4.34 Å². The number of aliphatic hydroxyl groups is 1. The minimum Gasteiger partial charge on any atom is -0.386 e. The summed E-state index contributed by atoms with van der Waals surface area (Å²) >= 11 is 7.32. The van der Waals surface area contributed by atoms with E-state index in [1.54, 1.807) is 13.2 Å². The Morgan fingerprint density at radius 1 is 1.48 bits per heavy atom. The number of methoxy groups -OCH3 is 1. The fourth-order valence-corrected chi connectivity index (χ4v) is 3.85. The maximum atomic E-state index is 10.2. The van der Waals surface area contributed by atoms with Crippen molar-refractivity contribution in [2.45, 2.75) is 31.9 Å². The van der Waals surface area contributed by atoms with E-state index in [2.05, 4.69) is 20.5 Å². The van der Waals surface area contributed by atoms with Gasteiger partial charge in [-0.25, -0.2) is 0 Å². The van der Waals surface area contributed by atoms with Gasteiger partial charge in [0.05, 0.1) is 17.5 Å². The van der Waals surface area contributed by atoms with Gasteiger partial charge in [0.15, 0.2) is 5.96 Å². The first-order valence-corrected chi connectivity index (χ1v) is 10.0. The molecule has 1 unspecified atom stereocenters. The molecule has 0 spiro atoms. The van der Waals surface area contributed by atoms with Crippen LogP contribution in [0.1, 0.15) is 30.7 Å². The highest BCUT2D eigenvalue weighted by molar-refractivity contribution is 7.16. The van der Waals surface area contributed by atoms with E-state index in [1.165, 1.54) is 11.3 Å². The smallest absolute Gasteiger partial charge is 0.191 e. The van der Waals surface area contributed by atoms with Crippen molar-refractivity contribution in [2.24, 2.45) is 4.99 Å². The van der Waals surface area contributed by atoms with Crippen molar-refractivity contribution in [3.63, 3.8) is 0 Å². The summed E-state index contributed by atoms with van der Waals surface area (Å²) in [5.41, 5.74) is 0. The molecule has 0 saturated carbocycles. The number of guanidine groups is 1. The highest BCUT2D eigenvalue weighted by Gasteiger charge is 2.20. The number of ether oxygens (including phenoxy) is 1. The van der Waals surface area contributed by atoms with Gasteiger partial charge in [-0.05, 0) is 31.9 Å². The van der Waals surface area contributed by atoms with Crippen LogP contribution in [0.4, 0.5) is 0 Å². The van der Waals surface area contributed by atoms with E-state index in [1.807, 2.05) is 13.0 Å². The lowest BCUT2D eigenvalue weighted by Crippen LogP contribution is -2.49. The molecule has 1 aromatic rings. The van der Waals surface area contributed by atoms with Crippen molar-refractivity contribution in [3.05, 3.63) is 21.3 Å². The van der Waals surface area contributed by atoms with Gasteiger partial charge in [-0.2, -0.15) is 0 Å². The van der Waals surface area contributed by atoms with Crippen LogP contribution in [0, 0.1) is 0 Å². The van der Waals surface area contributed by atoms with Crippen LogP contribution in [-0.4, -0.2) is 68.4 Å². The third-order valence-corrected chi connectivity index (χ3v) is 5.56. The molecule has 2 heterocycles. The number of likely N-dealkylation sites (tertiary alicyclic amines) is 1. The number of nitrogens with one attached hydrogen (secondary N) is 2. The van der Waals surface area contributed by atoms with E-state index >= 15 is 0 Å². The van der Waals surface area contributed by atoms with Gasteiger partial charge in [-0.3, -0.25) is 4.99 Å². The Labute approximate surface area is 159 Å². The predicted octanol–water partition coefficient (Wildman–Crippen LogP) is 2.10. The average molecular weight is 389 g/mol. The number of hydrogen-bond donors (Lipinski definition) is 3. The van der Waals surface area contributed by atoms with Crippen molar-refractivity contribution >= 4 is 28.9 Å². The number of hydrogen-bond acceptors (Lipinski definition) is 5. The first-order chi connectivity index (χ1) is 12.1. The Bertz CT molecular complexity index is 532. The molecule has 8 heteroatoms. The molecule has 142 valence electrons. The van der Waals surface area contributed by atoms with E-state index < -0.39 is 6.10 Å². The first kappa shape index (κ1) is 20.5. The number of piperidine rings is 1. The van der Waals surface area contributed by atoms with Crippen LogP contribution < -0.4 is 10.6 Å². The average Bonchev–Trinajstić information content (AvgIpc) is 3.05. The Hall–Kier alpha value is -0.860. The molecule has 2 rings (SSSR count). The summed E-state index contributed by atoms with van der Waals surface area (Å²) in [5, 5.41) is 17.0. The van der Waals surface area contributed by atoms with Crippen molar-refractivity contribution in [3.8, 4) is 0 Å². The molecule has 3 N–H and O–H groups in total. The molecule has 0 amide bonds. The topological polar surface area (TPSA) is 69.1 Å². The lowest BCUT2D eigenvalue weighted by atomic mass is 10.1. The minimum atomic E-state index is -0.621. The van der Waals surface area contributed by atoms with Crippen molar-refractivity contribution in [1.29, 1.82) is 0 Å². The molecule has 0 bridgehead atoms. The van der Waals surface area contributed by atoms with E-state index in [4.69, 9.17) is 16.3 Å². The van der Waals surface area contributed by atoms with Gasteiger partial charge in [-0.1, -0.05) is 11.6 Å². The first-order valence-electron chi connectivity index (χ1n) is 8.81. The summed E-state index contributed by atoms with van der Waals surface area (Å²) in [7, 11) is 1.74. The van der Waals surface area contributed by atoms with Gasteiger partial charge in [0.1, 0.15) is 6.10 Å². The summed E-state index contributed by atoms with van der Waals surface area (Å²) in [6, 6.07) is 4.06. The molecule has 1 aliphatic heterocycles. The van der Waals surface area contributed by atoms with Gasteiger partial charge in [-0.15, -0.1) is 11.3 Å². The van der Waals surface area contributed by atoms with Crippen LogP contribution in [0.3, 0.4) is 0 Å². The molecular weight excluding hydrogens is 360 g/mol. The molecule has 0 aromatic carbocycles. The van der Waals surface area contributed by atoms with E-state index in [9.17, 15) is 5.11 Å². The fourth-order valence-electron chi connectivity index (χ4n) is 2.81. The second-order valence-corrected chi connectivity index (χ2v) is 7.88. The van der Waals surface area contributed by atoms with Crippen molar-refractivity contribution < 1.29 is 9.84 Å². The van der Waals surface area contributed by atoms with Crippen LogP contribution in [0.5, 0.6) is 0 Å². The second-order valence-electron chi connectivity index (χ2n) is 6.13. The molecule has 1 aliphatic rings. The molecule has 1 aromatic heterocycles. The molecule has 0 radical (unpaired) electrons. The van der Waals surface area contributed by atoms with Gasteiger partial charge < -0.3 is 25.4 Å². The molecule has 1 saturated heterocycles. The van der Waals surface area contributed by atoms with E-state index in [-0.39, 0.29) is 0 Å². The molecule has 6 nitrogen and oxygen atoms in total. The zero-order chi connectivity index (χ0) is 18.1. The number of thiophene rings is 1. The SMILES string of the molecule is CCNC(=NCC(O)c1ccc(Cl)s1)NC1CCN(CCOC)CC1. The van der Waals surface area contributed by atoms with Crippen LogP contribution in [0.25, 0.3) is 0 Å². The molecule has 25 heavy (non-hydrogen) atoms. The number of nitrogens with zero attached hydrogens (tertiary/aromatic N) is 2. The van der Waals surface area contributed by atoms with Crippen molar-refractivity contribution in [1.82, 2.24) is 15.5 Å². The minimum absolute atomic E-state index is 0.318. The predicted molar refractivity (Wildman–Crippen MR) is 105 cm³/mol. The fraction of sp³-hybridized carbons (Fsp3) is 0.706. The maximum absolute atomic E-state index is 10.2. The molecule has 1 atom stereocenters. The third kappa shape index (κ3) is 7.11. The summed E-state index contributed by atoms with van der Waals surface area (Å²) in [6.07, 6.45) is 1.54. The van der Waals surface area contributed by atoms with Gasteiger partial charge in [0, 0.05) is 44.2 Å². The molecular formula is C17H29ClN4O2S. The Kier molecular flexibility index (Phi) is 8.98. The van der Waals surface area contributed by atoms with Crippen LogP contribution >= 0.6 is 22.9 Å². The molecule has 0 aliphatic carbocycles. The maximum Gasteiger partial charge on any atom is 0.191 e. The number of halogens is 1. The number of rotatable bonds is 8. The lowest BCUT2D eigenvalue weighted by molar-refractivity contribution is 0.128. The van der Waals surface area contributed by atoms with Crippen molar-refractivity contribution in [2.75, 3.05) is 46.4 Å². The summed E-state index contributed by atoms with van der Waals surface area (Å²) in [4.78, 5) is 7.81. The Morgan fingerprint density at radius 2 is 2.24 bits per heavy atom. The second kappa shape index (κ2) is 11.0. The highest BCUT2D eigenvalue weighted by Crippen LogP contribution is 2.26. The zero-order valence-electron chi connectivity index (χ0n) is 15.0. The highest BCUT2D eigenvalue weighted by atomic mass is 35.5. The van der Waals surface area contributed by atoms with Gasteiger partial charge in [0.2, 0.25) is 0 Å². The van der Waals surface area contributed by atoms with Gasteiger partial charge in [0.25, 0.3) is 0 Å². The third-order valence-electron chi connectivity index (χ3n) is 4.23. The summed E-state index contributed by atoms with van der Waals surface area (Å²) in [5.74, 6) is 0.763. The Morgan fingerprint density at radius 3 is 2.84 bits per heavy atom. The summed E-state index contributed by atoms with van der Waals surface area (Å²) in [6.45, 7) is 7.06. The number of aliphatic hydroxyl groups excluding tert-OH is 1. The van der Waals surface area contributed by atoms with E-state index in [0.29, 0.717) is 16.9 Å².